The number of nitrogens with zero attached hydrogens (tertiary/aromatic N) is 1. The summed E-state index contributed by atoms with van der Waals surface area (Å²) in [5.74, 6) is 0. The fourth-order valence-corrected chi connectivity index (χ4v) is 3.22. The van der Waals surface area contributed by atoms with E-state index >= 15 is 0 Å². The smallest absolute Gasteiger partial charge is 0.0635 e. The second-order valence-electron chi connectivity index (χ2n) is 5.72. The Balaban J connectivity index is 2.29. The van der Waals surface area contributed by atoms with Crippen molar-refractivity contribution in [1.82, 2.24) is 5.32 Å². The van der Waals surface area contributed by atoms with E-state index in [0.717, 1.165) is 19.5 Å². The highest BCUT2D eigenvalue weighted by atomic mass is 16.3. The summed E-state index contributed by atoms with van der Waals surface area (Å²) in [4.78, 5) is 2.43. The molecule has 1 heterocycles. The molecule has 2 unspecified atom stereocenters. The van der Waals surface area contributed by atoms with Gasteiger partial charge in [-0.15, -0.1) is 0 Å². The molecule has 0 saturated carbocycles. The zero-order valence-electron chi connectivity index (χ0n) is 12.8. The normalized spacial score (nSPS) is 21.6. The molecule has 0 spiro atoms. The van der Waals surface area contributed by atoms with Gasteiger partial charge in [0.1, 0.15) is 0 Å². The molecule has 2 rings (SSSR count). The number of para-hydroxylation sites is 1. The Hall–Kier alpha value is -1.06. The average molecular weight is 276 g/mol. The quantitative estimate of drug-likeness (QED) is 0.867. The van der Waals surface area contributed by atoms with E-state index in [1.54, 1.807) is 0 Å². The molecule has 1 aromatic rings. The standard InChI is InChI=1S/C17H28N2O/c1-3-18-14(2)16-10-6-7-11-17(16)19-12-8-4-5-9-15(19)13-20/h6-7,10-11,14-15,18,20H,3-5,8-9,12-13H2,1-2H3. The molecule has 3 nitrogen and oxygen atoms in total. The average Bonchev–Trinajstić information content (AvgIpc) is 2.72. The van der Waals surface area contributed by atoms with Crippen molar-refractivity contribution in [3.8, 4) is 0 Å². The van der Waals surface area contributed by atoms with Crippen LogP contribution in [0, 0.1) is 0 Å². The van der Waals surface area contributed by atoms with Gasteiger partial charge in [-0.2, -0.15) is 0 Å². The molecule has 2 atom stereocenters. The lowest BCUT2D eigenvalue weighted by molar-refractivity contribution is 0.255. The van der Waals surface area contributed by atoms with Crippen molar-refractivity contribution in [2.24, 2.45) is 0 Å². The van der Waals surface area contributed by atoms with Gasteiger partial charge in [0.05, 0.1) is 12.6 Å². The van der Waals surface area contributed by atoms with E-state index < -0.39 is 0 Å². The van der Waals surface area contributed by atoms with Crippen molar-refractivity contribution < 1.29 is 5.11 Å². The molecular weight excluding hydrogens is 248 g/mol. The predicted molar refractivity (Wildman–Crippen MR) is 85.2 cm³/mol. The lowest BCUT2D eigenvalue weighted by atomic mass is 10.0. The Morgan fingerprint density at radius 1 is 1.30 bits per heavy atom. The predicted octanol–water partition coefficient (Wildman–Crippen LogP) is 3.10. The SMILES string of the molecule is CCNC(C)c1ccccc1N1CCCCCC1CO. The molecule has 1 fully saturated rings. The third-order valence-electron chi connectivity index (χ3n) is 4.31. The second-order valence-corrected chi connectivity index (χ2v) is 5.72. The van der Waals surface area contributed by atoms with Gasteiger partial charge in [-0.3, -0.25) is 0 Å². The van der Waals surface area contributed by atoms with Crippen LogP contribution in [0.15, 0.2) is 24.3 Å². The Kier molecular flexibility index (Phi) is 5.86. The number of nitrogens with one attached hydrogen (secondary N) is 1. The first-order chi connectivity index (χ1) is 9.77. The van der Waals surface area contributed by atoms with Crippen molar-refractivity contribution in [2.75, 3.05) is 24.6 Å². The molecule has 1 aliphatic heterocycles. The van der Waals surface area contributed by atoms with E-state index in [2.05, 4.69) is 48.3 Å². The second kappa shape index (κ2) is 7.65. The monoisotopic (exact) mass is 276 g/mol. The van der Waals surface area contributed by atoms with E-state index in [1.165, 1.54) is 30.5 Å². The summed E-state index contributed by atoms with van der Waals surface area (Å²) in [6, 6.07) is 9.25. The topological polar surface area (TPSA) is 35.5 Å². The highest BCUT2D eigenvalue weighted by Crippen LogP contribution is 2.30. The Bertz CT molecular complexity index is 408. The summed E-state index contributed by atoms with van der Waals surface area (Å²) in [6.45, 7) is 6.64. The zero-order valence-corrected chi connectivity index (χ0v) is 12.8. The molecule has 1 aromatic carbocycles. The molecule has 20 heavy (non-hydrogen) atoms. The van der Waals surface area contributed by atoms with Gasteiger partial charge in [0, 0.05) is 18.3 Å². The van der Waals surface area contributed by atoms with E-state index in [4.69, 9.17) is 0 Å². The van der Waals surface area contributed by atoms with Gasteiger partial charge in [0.2, 0.25) is 0 Å². The first kappa shape index (κ1) is 15.3. The number of hydrogen-bond donors (Lipinski definition) is 2. The molecule has 0 aromatic heterocycles. The summed E-state index contributed by atoms with van der Waals surface area (Å²) in [7, 11) is 0. The number of hydrogen-bond acceptors (Lipinski definition) is 3. The van der Waals surface area contributed by atoms with Crippen LogP contribution < -0.4 is 10.2 Å². The van der Waals surface area contributed by atoms with E-state index in [9.17, 15) is 5.11 Å². The zero-order chi connectivity index (χ0) is 14.4. The first-order valence-corrected chi connectivity index (χ1v) is 7.97. The van der Waals surface area contributed by atoms with Crippen LogP contribution in [-0.2, 0) is 0 Å². The van der Waals surface area contributed by atoms with E-state index in [1.807, 2.05) is 0 Å². The Labute approximate surface area is 123 Å². The van der Waals surface area contributed by atoms with Gasteiger partial charge in [-0.25, -0.2) is 0 Å². The van der Waals surface area contributed by atoms with Crippen LogP contribution in [0.4, 0.5) is 5.69 Å². The molecule has 0 amide bonds. The van der Waals surface area contributed by atoms with Crippen LogP contribution in [-0.4, -0.2) is 30.8 Å². The molecule has 0 bridgehead atoms. The molecule has 0 aliphatic carbocycles. The van der Waals surface area contributed by atoms with Gasteiger partial charge in [-0.1, -0.05) is 38.0 Å². The number of rotatable bonds is 5. The highest BCUT2D eigenvalue weighted by molar-refractivity contribution is 5.56. The van der Waals surface area contributed by atoms with E-state index in [-0.39, 0.29) is 12.6 Å². The van der Waals surface area contributed by atoms with Crippen LogP contribution in [0.2, 0.25) is 0 Å². The van der Waals surface area contributed by atoms with Crippen LogP contribution in [0.5, 0.6) is 0 Å². The van der Waals surface area contributed by atoms with Crippen molar-refractivity contribution in [3.63, 3.8) is 0 Å². The van der Waals surface area contributed by atoms with Gasteiger partial charge < -0.3 is 15.3 Å². The van der Waals surface area contributed by atoms with Crippen molar-refractivity contribution in [3.05, 3.63) is 29.8 Å². The largest absolute Gasteiger partial charge is 0.394 e. The molecule has 2 N–H and O–H groups in total. The molecule has 112 valence electrons. The van der Waals surface area contributed by atoms with Gasteiger partial charge in [0.15, 0.2) is 0 Å². The summed E-state index contributed by atoms with van der Waals surface area (Å²) in [6.07, 6.45) is 4.82. The van der Waals surface area contributed by atoms with Crippen molar-refractivity contribution in [2.45, 2.75) is 51.6 Å². The van der Waals surface area contributed by atoms with Crippen LogP contribution in [0.3, 0.4) is 0 Å². The van der Waals surface area contributed by atoms with Crippen LogP contribution in [0.25, 0.3) is 0 Å². The minimum atomic E-state index is 0.254. The maximum Gasteiger partial charge on any atom is 0.0635 e. The lowest BCUT2D eigenvalue weighted by Gasteiger charge is -2.33. The van der Waals surface area contributed by atoms with Crippen molar-refractivity contribution in [1.29, 1.82) is 0 Å². The summed E-state index contributed by atoms with van der Waals surface area (Å²) >= 11 is 0. The fourth-order valence-electron chi connectivity index (χ4n) is 3.22. The highest BCUT2D eigenvalue weighted by Gasteiger charge is 2.23. The molecular formula is C17H28N2O. The third-order valence-corrected chi connectivity index (χ3v) is 4.31. The lowest BCUT2D eigenvalue weighted by Crippen LogP contribution is -2.38. The fraction of sp³-hybridized carbons (Fsp3) is 0.647. The number of aliphatic hydroxyl groups is 1. The van der Waals surface area contributed by atoms with Gasteiger partial charge in [-0.05, 0) is 37.9 Å². The number of aliphatic hydroxyl groups excluding tert-OH is 1. The summed E-state index contributed by atoms with van der Waals surface area (Å²) in [5.41, 5.74) is 2.64. The van der Waals surface area contributed by atoms with Gasteiger partial charge in [0.25, 0.3) is 0 Å². The van der Waals surface area contributed by atoms with E-state index in [0.29, 0.717) is 6.04 Å². The summed E-state index contributed by atoms with van der Waals surface area (Å²) < 4.78 is 0. The molecule has 1 aliphatic rings. The summed E-state index contributed by atoms with van der Waals surface area (Å²) in [5, 5.41) is 13.2. The Morgan fingerprint density at radius 3 is 2.85 bits per heavy atom. The van der Waals surface area contributed by atoms with Crippen LogP contribution in [0.1, 0.15) is 51.1 Å². The minimum Gasteiger partial charge on any atom is -0.394 e. The maximum atomic E-state index is 9.72. The van der Waals surface area contributed by atoms with Crippen LogP contribution >= 0.6 is 0 Å². The third kappa shape index (κ3) is 3.53. The minimum absolute atomic E-state index is 0.254. The number of benzene rings is 1. The number of anilines is 1. The first-order valence-electron chi connectivity index (χ1n) is 7.97. The van der Waals surface area contributed by atoms with Crippen molar-refractivity contribution >= 4 is 5.69 Å². The maximum absolute atomic E-state index is 9.72. The Morgan fingerprint density at radius 2 is 2.10 bits per heavy atom. The molecule has 1 saturated heterocycles. The molecule has 3 heteroatoms. The molecule has 0 radical (unpaired) electrons. The van der Waals surface area contributed by atoms with Gasteiger partial charge >= 0.3 is 0 Å².